The maximum Gasteiger partial charge on any atom is 0.572 e. The Balaban J connectivity index is 2.03. The zero-order valence-corrected chi connectivity index (χ0v) is 25.0. The highest BCUT2D eigenvalue weighted by atomic mass is 35.5. The summed E-state index contributed by atoms with van der Waals surface area (Å²) in [6.07, 6.45) is 2.72. The van der Waals surface area contributed by atoms with E-state index in [9.17, 15) is 27.6 Å². The Kier molecular flexibility index (Phi) is 10.2. The highest BCUT2D eigenvalue weighted by Gasteiger charge is 2.37. The normalized spacial score (nSPS) is 21.5. The van der Waals surface area contributed by atoms with Gasteiger partial charge in [0.25, 0.3) is 5.56 Å². The Morgan fingerprint density at radius 3 is 2.48 bits per heavy atom. The third-order valence-corrected chi connectivity index (χ3v) is 7.00. The molecule has 0 aliphatic heterocycles. The topological polar surface area (TPSA) is 118 Å². The van der Waals surface area contributed by atoms with Crippen molar-refractivity contribution in [2.24, 2.45) is 24.6 Å². The maximum absolute atomic E-state index is 13.8. The van der Waals surface area contributed by atoms with E-state index in [1.165, 1.54) is 41.7 Å². The largest absolute Gasteiger partial charge is 0.572 e. The van der Waals surface area contributed by atoms with Gasteiger partial charge in [-0.15, -0.1) is 13.2 Å². The van der Waals surface area contributed by atoms with E-state index in [0.717, 1.165) is 4.57 Å². The van der Waals surface area contributed by atoms with Crippen LogP contribution in [0.5, 0.6) is 0 Å². The third-order valence-electron chi connectivity index (χ3n) is 6.72. The summed E-state index contributed by atoms with van der Waals surface area (Å²) >= 11 is 6.08. The van der Waals surface area contributed by atoms with E-state index in [0.29, 0.717) is 11.5 Å². The molecule has 10 nitrogen and oxygen atoms in total. The number of carbonyl (C=O) groups excluding carboxylic acids is 1. The first-order valence-corrected chi connectivity index (χ1v) is 13.6. The third kappa shape index (κ3) is 8.39. The molecule has 0 aromatic carbocycles. The predicted molar refractivity (Wildman–Crippen MR) is 151 cm³/mol. The second-order valence-electron chi connectivity index (χ2n) is 11.1. The minimum absolute atomic E-state index is 0.0167. The molecule has 4 atom stereocenters. The van der Waals surface area contributed by atoms with Crippen molar-refractivity contribution in [1.82, 2.24) is 9.13 Å². The lowest BCUT2D eigenvalue weighted by Crippen LogP contribution is -2.54. The molecule has 0 saturated heterocycles. The molecule has 14 heteroatoms. The van der Waals surface area contributed by atoms with E-state index in [2.05, 4.69) is 4.74 Å². The van der Waals surface area contributed by atoms with Gasteiger partial charge in [-0.25, -0.2) is 9.36 Å². The Morgan fingerprint density at radius 2 is 1.90 bits per heavy atom. The first-order chi connectivity index (χ1) is 19.4. The summed E-state index contributed by atoms with van der Waals surface area (Å²) in [6, 6.07) is 0. The number of allylic oxidation sites excluding steroid dienone is 5. The summed E-state index contributed by atoms with van der Waals surface area (Å²) in [7, 11) is 1.44. The Labute approximate surface area is 246 Å². The molecule has 2 aliphatic rings. The number of ether oxygens (including phenoxy) is 3. The van der Waals surface area contributed by atoms with E-state index in [4.69, 9.17) is 26.8 Å². The molecule has 0 radical (unpaired) electrons. The van der Waals surface area contributed by atoms with Crippen molar-refractivity contribution >= 4 is 23.3 Å². The number of hydrogen-bond donors (Lipinski definition) is 1. The van der Waals surface area contributed by atoms with Gasteiger partial charge in [0.05, 0.1) is 6.10 Å². The van der Waals surface area contributed by atoms with Crippen molar-refractivity contribution < 1.29 is 32.2 Å². The van der Waals surface area contributed by atoms with Crippen LogP contribution in [0.3, 0.4) is 0 Å². The fraction of sp³-hybridized carbons (Fsp3) is 0.536. The van der Waals surface area contributed by atoms with Crippen molar-refractivity contribution in [3.63, 3.8) is 0 Å². The fourth-order valence-corrected chi connectivity index (χ4v) is 4.74. The second kappa shape index (κ2) is 12.9. The maximum atomic E-state index is 13.8. The molecule has 0 bridgehead atoms. The molecule has 232 valence electrons. The van der Waals surface area contributed by atoms with Crippen LogP contribution in [-0.2, 0) is 32.6 Å². The van der Waals surface area contributed by atoms with Gasteiger partial charge in [0, 0.05) is 30.2 Å². The fourth-order valence-electron chi connectivity index (χ4n) is 4.57. The number of esters is 1. The molecule has 2 aliphatic carbocycles. The Morgan fingerprint density at radius 1 is 1.24 bits per heavy atom. The Bertz CT molecular complexity index is 1420. The number of aromatic nitrogens is 2. The van der Waals surface area contributed by atoms with Crippen LogP contribution in [0.4, 0.5) is 18.9 Å². The average molecular weight is 617 g/mol. The number of carbonyl (C=O) groups is 1. The minimum Gasteiger partial charge on any atom is -0.459 e. The van der Waals surface area contributed by atoms with Crippen molar-refractivity contribution in [3.8, 4) is 0 Å². The van der Waals surface area contributed by atoms with Crippen LogP contribution < -0.4 is 21.9 Å². The van der Waals surface area contributed by atoms with Gasteiger partial charge in [0.2, 0.25) is 0 Å². The molecule has 3 rings (SSSR count). The molecule has 1 aromatic heterocycles. The molecule has 2 N–H and O–H groups in total. The van der Waals surface area contributed by atoms with Gasteiger partial charge in [0.15, 0.2) is 6.35 Å². The van der Waals surface area contributed by atoms with Crippen molar-refractivity contribution in [1.29, 1.82) is 0 Å². The van der Waals surface area contributed by atoms with Gasteiger partial charge in [-0.2, -0.15) is 0 Å². The van der Waals surface area contributed by atoms with Gasteiger partial charge < -0.3 is 19.1 Å². The quantitative estimate of drug-likeness (QED) is 0.327. The van der Waals surface area contributed by atoms with Gasteiger partial charge in [0.1, 0.15) is 23.6 Å². The molecular formula is C28H36ClF3N4O6. The number of rotatable bonds is 9. The smallest absolute Gasteiger partial charge is 0.459 e. The number of nitrogens with zero attached hydrogens (tertiary/aromatic N) is 3. The van der Waals surface area contributed by atoms with E-state index in [-0.39, 0.29) is 29.6 Å². The van der Waals surface area contributed by atoms with Crippen LogP contribution in [0.15, 0.2) is 56.8 Å². The molecule has 4 unspecified atom stereocenters. The molecule has 0 saturated carbocycles. The lowest BCUT2D eigenvalue weighted by molar-refractivity contribution is -0.309. The number of hydrogen-bond acceptors (Lipinski definition) is 8. The number of alkyl halides is 3. The number of anilines is 1. The van der Waals surface area contributed by atoms with Gasteiger partial charge in [-0.1, -0.05) is 42.8 Å². The zero-order chi connectivity index (χ0) is 31.6. The Hall–Kier alpha value is -3.29. The van der Waals surface area contributed by atoms with Crippen LogP contribution >= 0.6 is 11.6 Å². The summed E-state index contributed by atoms with van der Waals surface area (Å²) in [4.78, 5) is 40.9. The summed E-state index contributed by atoms with van der Waals surface area (Å²) in [5, 5.41) is 0.543. The van der Waals surface area contributed by atoms with Crippen molar-refractivity contribution in [3.05, 3.63) is 73.8 Å². The first-order valence-electron chi connectivity index (χ1n) is 13.3. The zero-order valence-electron chi connectivity index (χ0n) is 24.3. The van der Waals surface area contributed by atoms with Gasteiger partial charge in [-0.05, 0) is 52.2 Å². The molecule has 0 amide bonds. The monoisotopic (exact) mass is 616 g/mol. The standard InChI is InChI=1S/C28H36ClF3N4O6/c1-16-20(8-7-9-21(16)41-28(30,31)32)40-25(33)35(14-18-10-12-19(29)13-11-18)23-17(2)34(6)26(39)36(24(23)38)15-22(37)42-27(3,4)5/h7-10,12-13,16,18,20,25H,11,14-15,33H2,1-6H3. The van der Waals surface area contributed by atoms with E-state index in [1.54, 1.807) is 39.8 Å². The molecule has 0 fully saturated rings. The predicted octanol–water partition coefficient (Wildman–Crippen LogP) is 3.96. The van der Waals surface area contributed by atoms with Crippen LogP contribution in [0.2, 0.25) is 0 Å². The highest BCUT2D eigenvalue weighted by molar-refractivity contribution is 6.31. The van der Waals surface area contributed by atoms with E-state index in [1.807, 2.05) is 6.08 Å². The lowest BCUT2D eigenvalue weighted by atomic mass is 9.97. The molecular weight excluding hydrogens is 581 g/mol. The highest BCUT2D eigenvalue weighted by Crippen LogP contribution is 2.32. The van der Waals surface area contributed by atoms with Crippen molar-refractivity contribution in [2.45, 2.75) is 72.0 Å². The average Bonchev–Trinajstić information content (AvgIpc) is 2.86. The number of nitrogens with two attached hydrogens (primary N) is 1. The summed E-state index contributed by atoms with van der Waals surface area (Å²) in [6.45, 7) is 7.48. The van der Waals surface area contributed by atoms with Gasteiger partial charge in [-0.3, -0.25) is 19.9 Å². The van der Waals surface area contributed by atoms with Gasteiger partial charge >= 0.3 is 18.0 Å². The molecule has 1 aromatic rings. The summed E-state index contributed by atoms with van der Waals surface area (Å²) in [5.41, 5.74) is 4.35. The molecule has 0 spiro atoms. The summed E-state index contributed by atoms with van der Waals surface area (Å²) < 4.78 is 56.3. The van der Waals surface area contributed by atoms with Crippen LogP contribution in [0, 0.1) is 18.8 Å². The van der Waals surface area contributed by atoms with E-state index < -0.39 is 54.1 Å². The SMILES string of the molecule is Cc1c(N(CC2C=CC(Cl)=CC2)C(N)OC2C=CC=C(OC(F)(F)F)C2C)c(=O)n(CC(=O)OC(C)(C)C)c(=O)n1C. The second-order valence-corrected chi connectivity index (χ2v) is 11.6. The minimum atomic E-state index is -4.89. The van der Waals surface area contributed by atoms with E-state index >= 15 is 0 Å². The van der Waals surface area contributed by atoms with Crippen LogP contribution in [0.25, 0.3) is 0 Å². The lowest BCUT2D eigenvalue weighted by Gasteiger charge is -2.37. The summed E-state index contributed by atoms with van der Waals surface area (Å²) in [5.74, 6) is -2.21. The first kappa shape index (κ1) is 33.2. The number of halogens is 4. The van der Waals surface area contributed by atoms with Crippen LogP contribution in [0.1, 0.15) is 39.8 Å². The molecule has 1 heterocycles. The molecule has 42 heavy (non-hydrogen) atoms. The van der Waals surface area contributed by atoms with Crippen LogP contribution in [-0.4, -0.2) is 46.1 Å². The van der Waals surface area contributed by atoms with Crippen molar-refractivity contribution in [2.75, 3.05) is 11.4 Å².